The number of ketones is 1. The van der Waals surface area contributed by atoms with Crippen molar-refractivity contribution in [1.82, 2.24) is 9.88 Å². The summed E-state index contributed by atoms with van der Waals surface area (Å²) in [5, 5.41) is 0.552. The summed E-state index contributed by atoms with van der Waals surface area (Å²) in [5.74, 6) is 1.53. The van der Waals surface area contributed by atoms with Gasteiger partial charge in [-0.2, -0.15) is 0 Å². The van der Waals surface area contributed by atoms with Gasteiger partial charge in [-0.3, -0.25) is 9.59 Å². The van der Waals surface area contributed by atoms with Gasteiger partial charge in [0.15, 0.2) is 0 Å². The van der Waals surface area contributed by atoms with E-state index in [4.69, 9.17) is 16.3 Å². The molecule has 5 nitrogen and oxygen atoms in total. The van der Waals surface area contributed by atoms with E-state index in [1.807, 2.05) is 30.3 Å². The van der Waals surface area contributed by atoms with Gasteiger partial charge in [-0.15, -0.1) is 0 Å². The fraction of sp³-hybridized carbons (Fsp3) is 0.517. The summed E-state index contributed by atoms with van der Waals surface area (Å²) >= 11 is 6.63. The molecule has 0 radical (unpaired) electrons. The Balaban J connectivity index is 1.50. The first kappa shape index (κ1) is 25.7. The lowest BCUT2D eigenvalue weighted by Gasteiger charge is -2.17. The maximum Gasteiger partial charge on any atom is 0.251 e. The topological polar surface area (TPSA) is 62.4 Å². The zero-order valence-electron chi connectivity index (χ0n) is 20.9. The molecule has 1 heterocycles. The van der Waals surface area contributed by atoms with Gasteiger partial charge in [0.1, 0.15) is 11.5 Å². The molecule has 188 valence electrons. The summed E-state index contributed by atoms with van der Waals surface area (Å²) in [6.45, 7) is 8.23. The molecule has 1 atom stereocenters. The van der Waals surface area contributed by atoms with E-state index in [0.29, 0.717) is 41.9 Å². The highest BCUT2D eigenvalue weighted by Crippen LogP contribution is 2.39. The lowest BCUT2D eigenvalue weighted by molar-refractivity contribution is -0.117. The number of H-pyrrole nitrogens is 1. The first-order valence-electron chi connectivity index (χ1n) is 13.1. The highest BCUT2D eigenvalue weighted by molar-refractivity contribution is 6.32. The number of halogens is 1. The van der Waals surface area contributed by atoms with Crippen molar-refractivity contribution in [2.24, 2.45) is 5.92 Å². The van der Waals surface area contributed by atoms with Crippen LogP contribution in [0.25, 0.3) is 5.57 Å². The lowest BCUT2D eigenvalue weighted by atomic mass is 9.95. The second-order valence-electron chi connectivity index (χ2n) is 9.78. The van der Waals surface area contributed by atoms with Gasteiger partial charge in [0.2, 0.25) is 0 Å². The fourth-order valence-corrected chi connectivity index (χ4v) is 5.10. The number of nitrogens with zero attached hydrogens (tertiary/aromatic N) is 1. The Labute approximate surface area is 213 Å². The second-order valence-corrected chi connectivity index (χ2v) is 10.2. The smallest absolute Gasteiger partial charge is 0.251 e. The Morgan fingerprint density at radius 1 is 1.11 bits per heavy atom. The van der Waals surface area contributed by atoms with E-state index < -0.39 is 0 Å². The average Bonchev–Trinajstić information content (AvgIpc) is 3.61. The molecule has 2 aliphatic rings. The third kappa shape index (κ3) is 6.86. The highest BCUT2D eigenvalue weighted by atomic mass is 35.5. The summed E-state index contributed by atoms with van der Waals surface area (Å²) in [5.41, 5.74) is 3.44. The predicted molar refractivity (Wildman–Crippen MR) is 142 cm³/mol. The first-order valence-corrected chi connectivity index (χ1v) is 13.5. The van der Waals surface area contributed by atoms with Crippen molar-refractivity contribution in [3.63, 3.8) is 0 Å². The molecule has 2 fully saturated rings. The van der Waals surface area contributed by atoms with Crippen molar-refractivity contribution in [3.8, 4) is 5.75 Å². The van der Waals surface area contributed by atoms with E-state index >= 15 is 0 Å². The zero-order chi connectivity index (χ0) is 24.8. The molecular weight excluding hydrogens is 460 g/mol. The van der Waals surface area contributed by atoms with Gasteiger partial charge in [-0.1, -0.05) is 43.7 Å². The van der Waals surface area contributed by atoms with Gasteiger partial charge >= 0.3 is 0 Å². The number of aromatic nitrogens is 1. The Kier molecular flexibility index (Phi) is 8.85. The number of carbonyl (C=O) groups excluding carboxylic acids is 1. The molecule has 2 saturated carbocycles. The van der Waals surface area contributed by atoms with Crippen LogP contribution in [0.2, 0.25) is 5.02 Å². The Morgan fingerprint density at radius 2 is 1.91 bits per heavy atom. The molecule has 2 aromatic rings. The van der Waals surface area contributed by atoms with Crippen LogP contribution in [0.4, 0.5) is 0 Å². The van der Waals surface area contributed by atoms with Crippen LogP contribution in [0.1, 0.15) is 81.5 Å². The maximum atomic E-state index is 12.7. The highest BCUT2D eigenvalue weighted by Gasteiger charge is 2.27. The Bertz CT molecular complexity index is 1120. The van der Waals surface area contributed by atoms with E-state index in [1.54, 1.807) is 0 Å². The Hall–Kier alpha value is -2.37. The molecule has 2 aliphatic carbocycles. The normalized spacial score (nSPS) is 18.5. The first-order chi connectivity index (χ1) is 17.0. The Morgan fingerprint density at radius 3 is 2.54 bits per heavy atom. The number of allylic oxidation sites excluding steroid dienone is 1. The van der Waals surface area contributed by atoms with E-state index in [1.165, 1.54) is 0 Å². The number of carbonyl (C=O) groups is 1. The summed E-state index contributed by atoms with van der Waals surface area (Å²) in [6, 6.07) is 9.75. The number of rotatable bonds is 12. The molecule has 35 heavy (non-hydrogen) atoms. The summed E-state index contributed by atoms with van der Waals surface area (Å²) < 4.78 is 5.97. The number of hydrogen-bond acceptors (Lipinski definition) is 4. The van der Waals surface area contributed by atoms with Crippen LogP contribution in [0, 0.1) is 5.92 Å². The zero-order valence-corrected chi connectivity index (χ0v) is 21.7. The van der Waals surface area contributed by atoms with Gasteiger partial charge in [0.25, 0.3) is 5.56 Å². The van der Waals surface area contributed by atoms with Crippen molar-refractivity contribution < 1.29 is 9.53 Å². The number of ether oxygens (including phenoxy) is 1. The maximum absolute atomic E-state index is 12.7. The summed E-state index contributed by atoms with van der Waals surface area (Å²) in [7, 11) is 0. The quantitative estimate of drug-likeness (QED) is 0.355. The van der Waals surface area contributed by atoms with E-state index in [-0.39, 0.29) is 11.5 Å². The van der Waals surface area contributed by atoms with Crippen LogP contribution in [0.5, 0.6) is 5.75 Å². The van der Waals surface area contributed by atoms with E-state index in [0.717, 1.165) is 74.1 Å². The number of Topliss-reactive ketones (excluding diaryl/α,β-unsaturated/α-hetero) is 1. The lowest BCUT2D eigenvalue weighted by Crippen LogP contribution is -2.24. The number of aromatic amines is 1. The molecule has 0 spiro atoms. The van der Waals surface area contributed by atoms with Gasteiger partial charge in [-0.05, 0) is 87.3 Å². The SMILES string of the molecule is CCN(CC)CCCCOc1ccc(/C(=C/[C@H]2CCC(=O)C2)c2ccc(C3CC3)c(=O)[nH]2)cc1Cl. The minimum atomic E-state index is -0.0193. The largest absolute Gasteiger partial charge is 0.492 e. The molecule has 0 amide bonds. The van der Waals surface area contributed by atoms with Gasteiger partial charge in [0, 0.05) is 29.7 Å². The van der Waals surface area contributed by atoms with Crippen LogP contribution in [0.15, 0.2) is 41.2 Å². The number of unbranched alkanes of at least 4 members (excludes halogenated alkanes) is 1. The summed E-state index contributed by atoms with van der Waals surface area (Å²) in [6.07, 6.45) is 8.38. The molecule has 1 N–H and O–H groups in total. The third-order valence-electron chi connectivity index (χ3n) is 7.20. The fourth-order valence-electron chi connectivity index (χ4n) is 4.87. The number of pyridine rings is 1. The van der Waals surface area contributed by atoms with E-state index in [9.17, 15) is 9.59 Å². The van der Waals surface area contributed by atoms with Crippen molar-refractivity contribution in [2.45, 2.75) is 64.7 Å². The van der Waals surface area contributed by atoms with Gasteiger partial charge in [0.05, 0.1) is 11.6 Å². The molecule has 0 saturated heterocycles. The molecular formula is C29H37ClN2O3. The molecule has 0 aliphatic heterocycles. The second kappa shape index (κ2) is 12.0. The molecule has 4 rings (SSSR count). The van der Waals surface area contributed by atoms with Crippen LogP contribution in [-0.4, -0.2) is 41.9 Å². The molecule has 1 aromatic carbocycles. The van der Waals surface area contributed by atoms with Crippen molar-refractivity contribution in [3.05, 3.63) is 68.6 Å². The molecule has 6 heteroatoms. The van der Waals surface area contributed by atoms with Crippen LogP contribution >= 0.6 is 11.6 Å². The van der Waals surface area contributed by atoms with E-state index in [2.05, 4.69) is 29.8 Å². The monoisotopic (exact) mass is 496 g/mol. The third-order valence-corrected chi connectivity index (χ3v) is 7.49. The number of nitrogens with one attached hydrogen (secondary N) is 1. The average molecular weight is 497 g/mol. The number of hydrogen-bond donors (Lipinski definition) is 1. The van der Waals surface area contributed by atoms with Gasteiger partial charge in [-0.25, -0.2) is 0 Å². The van der Waals surface area contributed by atoms with Crippen LogP contribution in [-0.2, 0) is 4.79 Å². The number of benzene rings is 1. The van der Waals surface area contributed by atoms with Crippen LogP contribution in [0.3, 0.4) is 0 Å². The molecule has 0 bridgehead atoms. The van der Waals surface area contributed by atoms with Crippen LogP contribution < -0.4 is 10.3 Å². The van der Waals surface area contributed by atoms with Gasteiger partial charge < -0.3 is 14.6 Å². The standard InChI is InChI=1S/C29H37ClN2O3/c1-3-32(4-2)15-5-6-16-35-28-14-10-22(19-26(28)30)25(18-20-7-11-23(33)17-20)27-13-12-24(21-8-9-21)29(34)31-27/h10,12-14,18-21H,3-9,11,15-17H2,1-2H3,(H,31,34)/b25-18-/t20-/m0/s1. The van der Waals surface area contributed by atoms with Crippen molar-refractivity contribution in [2.75, 3.05) is 26.2 Å². The van der Waals surface area contributed by atoms with Crippen molar-refractivity contribution in [1.29, 1.82) is 0 Å². The minimum Gasteiger partial charge on any atom is -0.492 e. The molecule has 0 unspecified atom stereocenters. The summed E-state index contributed by atoms with van der Waals surface area (Å²) in [4.78, 5) is 30.1. The molecule has 1 aromatic heterocycles. The minimum absolute atomic E-state index is 0.0193. The predicted octanol–water partition coefficient (Wildman–Crippen LogP) is 6.21. The van der Waals surface area contributed by atoms with Crippen molar-refractivity contribution >= 4 is 23.0 Å².